The highest BCUT2D eigenvalue weighted by Gasteiger charge is 2.30. The van der Waals surface area contributed by atoms with Crippen LogP contribution in [0.2, 0.25) is 0 Å². The Balaban J connectivity index is 1.32. The zero-order valence-electron chi connectivity index (χ0n) is 16.8. The Hall–Kier alpha value is -2.97. The lowest BCUT2D eigenvalue weighted by molar-refractivity contribution is 0.350. The minimum absolute atomic E-state index is 0.201. The number of aryl methyl sites for hydroxylation is 1. The van der Waals surface area contributed by atoms with E-state index in [4.69, 9.17) is 15.4 Å². The number of imidazole rings is 1. The van der Waals surface area contributed by atoms with Gasteiger partial charge in [0.25, 0.3) is 0 Å². The third-order valence-electron chi connectivity index (χ3n) is 5.53. The van der Waals surface area contributed by atoms with Gasteiger partial charge in [-0.15, -0.1) is 11.3 Å². The predicted molar refractivity (Wildman–Crippen MR) is 129 cm³/mol. The van der Waals surface area contributed by atoms with E-state index in [9.17, 15) is 5.11 Å². The van der Waals surface area contributed by atoms with Gasteiger partial charge in [-0.05, 0) is 24.3 Å². The van der Waals surface area contributed by atoms with E-state index < -0.39 is 0 Å². The normalized spacial score (nSPS) is 14.3. The number of nitrogens with zero attached hydrogens (tertiary/aromatic N) is 4. The first kappa shape index (κ1) is 20.0. The molecule has 0 bridgehead atoms. The monoisotopic (exact) mass is 493 g/mol. The van der Waals surface area contributed by atoms with Crippen molar-refractivity contribution in [3.63, 3.8) is 0 Å². The van der Waals surface area contributed by atoms with Gasteiger partial charge in [-0.1, -0.05) is 40.2 Å². The van der Waals surface area contributed by atoms with Crippen LogP contribution in [0.15, 0.2) is 64.1 Å². The number of aliphatic hydroxyl groups is 1. The van der Waals surface area contributed by atoms with Crippen molar-refractivity contribution in [2.75, 3.05) is 13.1 Å². The van der Waals surface area contributed by atoms with Crippen LogP contribution in [0.3, 0.4) is 0 Å². The van der Waals surface area contributed by atoms with Crippen LogP contribution in [0.4, 0.5) is 0 Å². The lowest BCUT2D eigenvalue weighted by Gasteiger charge is -2.18. The second kappa shape index (κ2) is 7.94. The third kappa shape index (κ3) is 3.66. The largest absolute Gasteiger partial charge is 0.510 e. The minimum atomic E-state index is 0.201. The number of halogens is 1. The predicted octanol–water partition coefficient (Wildman–Crippen LogP) is 5.26. The van der Waals surface area contributed by atoms with Gasteiger partial charge in [0.2, 0.25) is 0 Å². The molecule has 8 heteroatoms. The summed E-state index contributed by atoms with van der Waals surface area (Å²) in [6.07, 6.45) is 0.691. The molecule has 2 N–H and O–H groups in total. The van der Waals surface area contributed by atoms with Crippen molar-refractivity contribution in [2.45, 2.75) is 6.42 Å². The summed E-state index contributed by atoms with van der Waals surface area (Å²) in [5.74, 6) is 1.48. The Bertz CT molecular complexity index is 1320. The van der Waals surface area contributed by atoms with Gasteiger partial charge in [-0.25, -0.2) is 9.97 Å². The maximum atomic E-state index is 10.6. The van der Waals surface area contributed by atoms with Gasteiger partial charge in [0, 0.05) is 35.4 Å². The first-order valence-electron chi connectivity index (χ1n) is 9.89. The zero-order valence-corrected chi connectivity index (χ0v) is 19.2. The Morgan fingerprint density at radius 2 is 1.90 bits per heavy atom. The summed E-state index contributed by atoms with van der Waals surface area (Å²) >= 11 is 4.90. The summed E-state index contributed by atoms with van der Waals surface area (Å²) in [5, 5.41) is 21.9. The van der Waals surface area contributed by atoms with Crippen molar-refractivity contribution in [3.8, 4) is 11.3 Å². The third-order valence-corrected chi connectivity index (χ3v) is 6.91. The molecule has 4 aromatic rings. The number of hydrogen-bond acceptors (Lipinski definition) is 5. The second-order valence-corrected chi connectivity index (χ2v) is 9.24. The lowest BCUT2D eigenvalue weighted by Crippen LogP contribution is -2.29. The van der Waals surface area contributed by atoms with E-state index in [0.29, 0.717) is 35.9 Å². The highest BCUT2D eigenvalue weighted by molar-refractivity contribution is 9.10. The van der Waals surface area contributed by atoms with E-state index >= 15 is 0 Å². The van der Waals surface area contributed by atoms with E-state index in [1.165, 1.54) is 11.3 Å². The van der Waals surface area contributed by atoms with E-state index in [0.717, 1.165) is 32.6 Å². The Morgan fingerprint density at radius 1 is 1.13 bits per heavy atom. The topological polar surface area (TPSA) is 78.0 Å². The molecule has 31 heavy (non-hydrogen) atoms. The first-order chi connectivity index (χ1) is 15.0. The molecule has 156 valence electrons. The van der Waals surface area contributed by atoms with Crippen molar-refractivity contribution in [1.29, 1.82) is 5.41 Å². The molecule has 2 aromatic heterocycles. The van der Waals surface area contributed by atoms with Crippen LogP contribution in [0.5, 0.6) is 0 Å². The summed E-state index contributed by atoms with van der Waals surface area (Å²) in [7, 11) is 2.01. The van der Waals surface area contributed by atoms with Gasteiger partial charge in [-0.2, -0.15) is 0 Å². The standard InChI is InChI=1S/C23H20BrN5OS/c1-28-18-5-3-2-4-16(18)26-20(28)10-11-29-12-19(30)21(22(29)25)23-27-17(13-31-23)14-6-8-15(24)9-7-14/h2-9,13,25,30H,10-12H2,1H3. The number of thiazole rings is 1. The number of amidine groups is 1. The summed E-state index contributed by atoms with van der Waals surface area (Å²) in [4.78, 5) is 11.3. The Morgan fingerprint density at radius 3 is 2.68 bits per heavy atom. The van der Waals surface area contributed by atoms with Crippen molar-refractivity contribution >= 4 is 49.7 Å². The fourth-order valence-corrected chi connectivity index (χ4v) is 5.00. The van der Waals surface area contributed by atoms with E-state index in [1.54, 1.807) is 0 Å². The van der Waals surface area contributed by atoms with Crippen LogP contribution in [-0.2, 0) is 13.5 Å². The first-order valence-corrected chi connectivity index (χ1v) is 11.6. The van der Waals surface area contributed by atoms with Gasteiger partial charge in [0.1, 0.15) is 22.4 Å². The molecule has 0 unspecified atom stereocenters. The molecule has 1 aliphatic rings. The molecule has 0 saturated carbocycles. The fraction of sp³-hybridized carbons (Fsp3) is 0.174. The average molecular weight is 494 g/mol. The van der Waals surface area contributed by atoms with Crippen molar-refractivity contribution in [2.24, 2.45) is 7.05 Å². The van der Waals surface area contributed by atoms with Gasteiger partial charge in [0.15, 0.2) is 0 Å². The van der Waals surface area contributed by atoms with E-state index in [1.807, 2.05) is 59.8 Å². The molecule has 0 fully saturated rings. The molecule has 6 nitrogen and oxygen atoms in total. The van der Waals surface area contributed by atoms with Gasteiger partial charge < -0.3 is 14.6 Å². The van der Waals surface area contributed by atoms with E-state index in [2.05, 4.69) is 26.6 Å². The summed E-state index contributed by atoms with van der Waals surface area (Å²) < 4.78 is 3.11. The summed E-state index contributed by atoms with van der Waals surface area (Å²) in [5.41, 5.74) is 4.45. The molecule has 0 saturated heterocycles. The van der Waals surface area contributed by atoms with E-state index in [-0.39, 0.29) is 5.76 Å². The molecule has 5 rings (SSSR count). The van der Waals surface area contributed by atoms with Crippen LogP contribution < -0.4 is 0 Å². The molecular formula is C23H20BrN5OS. The molecular weight excluding hydrogens is 474 g/mol. The SMILES string of the molecule is Cn1c(CCN2CC(O)=C(c3nc(-c4ccc(Br)cc4)cs3)C2=N)nc2ccccc21. The lowest BCUT2D eigenvalue weighted by atomic mass is 10.2. The van der Waals surface area contributed by atoms with Gasteiger partial charge >= 0.3 is 0 Å². The number of benzene rings is 2. The molecule has 0 spiro atoms. The van der Waals surface area contributed by atoms with Crippen LogP contribution in [0, 0.1) is 5.41 Å². The molecule has 0 atom stereocenters. The number of rotatable bonds is 5. The number of aromatic nitrogens is 3. The van der Waals surface area contributed by atoms with Gasteiger partial charge in [-0.3, -0.25) is 5.41 Å². The quantitative estimate of drug-likeness (QED) is 0.397. The number of hydrogen-bond donors (Lipinski definition) is 2. The van der Waals surface area contributed by atoms with Crippen LogP contribution >= 0.6 is 27.3 Å². The molecule has 0 amide bonds. The fourth-order valence-electron chi connectivity index (χ4n) is 3.85. The Labute approximate surface area is 192 Å². The van der Waals surface area contributed by atoms with Crippen LogP contribution in [0.25, 0.3) is 27.9 Å². The highest BCUT2D eigenvalue weighted by atomic mass is 79.9. The van der Waals surface area contributed by atoms with Crippen LogP contribution in [0.1, 0.15) is 10.8 Å². The number of nitrogens with one attached hydrogen (secondary N) is 1. The van der Waals surface area contributed by atoms with Crippen LogP contribution in [-0.4, -0.2) is 43.5 Å². The number of para-hydroxylation sites is 2. The average Bonchev–Trinajstić information content (AvgIpc) is 3.44. The maximum Gasteiger partial charge on any atom is 0.135 e. The second-order valence-electron chi connectivity index (χ2n) is 7.46. The van der Waals surface area contributed by atoms with Gasteiger partial charge in [0.05, 0.1) is 28.8 Å². The summed E-state index contributed by atoms with van der Waals surface area (Å²) in [6.45, 7) is 0.930. The molecule has 2 aromatic carbocycles. The molecule has 0 aliphatic carbocycles. The number of fused-ring (bicyclic) bond motifs is 1. The molecule has 3 heterocycles. The zero-order chi connectivity index (χ0) is 21.5. The molecule has 0 radical (unpaired) electrons. The van der Waals surface area contributed by atoms with Crippen molar-refractivity contribution < 1.29 is 5.11 Å². The maximum absolute atomic E-state index is 10.6. The summed E-state index contributed by atoms with van der Waals surface area (Å²) in [6, 6.07) is 16.0. The Kier molecular flexibility index (Phi) is 5.11. The highest BCUT2D eigenvalue weighted by Crippen LogP contribution is 2.32. The van der Waals surface area contributed by atoms with Crippen molar-refractivity contribution in [3.05, 3.63) is 75.0 Å². The number of aliphatic hydroxyl groups excluding tert-OH is 1. The minimum Gasteiger partial charge on any atom is -0.510 e. The van der Waals surface area contributed by atoms with Crippen molar-refractivity contribution in [1.82, 2.24) is 19.4 Å². The molecule has 1 aliphatic heterocycles. The smallest absolute Gasteiger partial charge is 0.135 e.